The molecule has 0 aromatic heterocycles. The Morgan fingerprint density at radius 2 is 1.68 bits per heavy atom. The molecule has 0 radical (unpaired) electrons. The molecule has 28 heavy (non-hydrogen) atoms. The average Bonchev–Trinajstić information content (AvgIpc) is 2.69. The SMILES string of the molecule is COC1CCCCC1NC(=O)NC(C)Cc1ccc(-c2ccc(Br)cc2)cc1. The van der Waals surface area contributed by atoms with E-state index in [2.05, 4.69) is 63.0 Å². The number of methoxy groups -OCH3 is 1. The van der Waals surface area contributed by atoms with Crippen molar-refractivity contribution in [1.82, 2.24) is 10.6 Å². The quantitative estimate of drug-likeness (QED) is 0.634. The highest BCUT2D eigenvalue weighted by atomic mass is 79.9. The van der Waals surface area contributed by atoms with Crippen LogP contribution in [0.25, 0.3) is 11.1 Å². The van der Waals surface area contributed by atoms with Crippen molar-refractivity contribution >= 4 is 22.0 Å². The Balaban J connectivity index is 1.50. The summed E-state index contributed by atoms with van der Waals surface area (Å²) in [6.07, 6.45) is 5.24. The Kier molecular flexibility index (Phi) is 7.51. The van der Waals surface area contributed by atoms with Crippen molar-refractivity contribution in [2.24, 2.45) is 0 Å². The van der Waals surface area contributed by atoms with Gasteiger partial charge in [0.2, 0.25) is 0 Å². The van der Waals surface area contributed by atoms with E-state index in [-0.39, 0.29) is 24.2 Å². The molecule has 0 spiro atoms. The Morgan fingerprint density at radius 3 is 2.32 bits per heavy atom. The van der Waals surface area contributed by atoms with Gasteiger partial charge in [-0.1, -0.05) is 65.2 Å². The first-order chi connectivity index (χ1) is 13.5. The minimum atomic E-state index is -0.104. The van der Waals surface area contributed by atoms with E-state index >= 15 is 0 Å². The average molecular weight is 445 g/mol. The van der Waals surface area contributed by atoms with E-state index in [0.29, 0.717) is 0 Å². The second-order valence-corrected chi connectivity index (χ2v) is 8.51. The molecule has 5 heteroatoms. The Morgan fingerprint density at radius 1 is 1.07 bits per heavy atom. The third-order valence-electron chi connectivity index (χ3n) is 5.37. The van der Waals surface area contributed by atoms with Crippen LogP contribution < -0.4 is 10.6 Å². The lowest BCUT2D eigenvalue weighted by molar-refractivity contribution is 0.0451. The van der Waals surface area contributed by atoms with E-state index in [0.717, 1.165) is 30.2 Å². The van der Waals surface area contributed by atoms with E-state index in [4.69, 9.17) is 4.74 Å². The van der Waals surface area contributed by atoms with E-state index in [1.165, 1.54) is 23.1 Å². The summed E-state index contributed by atoms with van der Waals surface area (Å²) in [5.74, 6) is 0. The molecule has 0 bridgehead atoms. The number of benzene rings is 2. The number of urea groups is 1. The summed E-state index contributed by atoms with van der Waals surface area (Å²) >= 11 is 3.47. The molecule has 2 N–H and O–H groups in total. The van der Waals surface area contributed by atoms with Crippen molar-refractivity contribution < 1.29 is 9.53 Å². The summed E-state index contributed by atoms with van der Waals surface area (Å²) in [6, 6.07) is 16.9. The zero-order valence-corrected chi connectivity index (χ0v) is 18.2. The van der Waals surface area contributed by atoms with Crippen LogP contribution in [0.5, 0.6) is 0 Å². The number of nitrogens with one attached hydrogen (secondary N) is 2. The van der Waals surface area contributed by atoms with Gasteiger partial charge in [0.1, 0.15) is 0 Å². The first-order valence-electron chi connectivity index (χ1n) is 10.00. The van der Waals surface area contributed by atoms with Crippen LogP contribution in [0, 0.1) is 0 Å². The number of carbonyl (C=O) groups excluding carboxylic acids is 1. The highest BCUT2D eigenvalue weighted by molar-refractivity contribution is 9.10. The minimum absolute atomic E-state index is 0.0584. The maximum atomic E-state index is 12.4. The topological polar surface area (TPSA) is 50.4 Å². The summed E-state index contributed by atoms with van der Waals surface area (Å²) in [4.78, 5) is 12.4. The van der Waals surface area contributed by atoms with E-state index < -0.39 is 0 Å². The zero-order chi connectivity index (χ0) is 19.9. The first kappa shape index (κ1) is 20.9. The third kappa shape index (κ3) is 5.82. The fourth-order valence-corrected chi connectivity index (χ4v) is 4.12. The maximum absolute atomic E-state index is 12.4. The lowest BCUT2D eigenvalue weighted by Crippen LogP contribution is -2.51. The number of hydrogen-bond acceptors (Lipinski definition) is 2. The minimum Gasteiger partial charge on any atom is -0.379 e. The molecule has 1 aliphatic carbocycles. The summed E-state index contributed by atoms with van der Waals surface area (Å²) in [6.45, 7) is 2.04. The standard InChI is InChI=1S/C23H29BrN2O2/c1-16(25-23(27)26-21-5-3-4-6-22(21)28-2)15-17-7-9-18(10-8-17)19-11-13-20(24)14-12-19/h7-14,16,21-22H,3-6,15H2,1-2H3,(H2,25,26,27). The predicted molar refractivity (Wildman–Crippen MR) is 117 cm³/mol. The van der Waals surface area contributed by atoms with Crippen molar-refractivity contribution in [2.75, 3.05) is 7.11 Å². The fourth-order valence-electron chi connectivity index (χ4n) is 3.86. The van der Waals surface area contributed by atoms with Crippen LogP contribution in [0.1, 0.15) is 38.2 Å². The highest BCUT2D eigenvalue weighted by Crippen LogP contribution is 2.23. The summed E-state index contributed by atoms with van der Waals surface area (Å²) in [5.41, 5.74) is 3.60. The smallest absolute Gasteiger partial charge is 0.315 e. The van der Waals surface area contributed by atoms with Crippen molar-refractivity contribution in [2.45, 2.75) is 57.2 Å². The number of ether oxygens (including phenoxy) is 1. The zero-order valence-electron chi connectivity index (χ0n) is 16.6. The van der Waals surface area contributed by atoms with Gasteiger partial charge < -0.3 is 15.4 Å². The van der Waals surface area contributed by atoms with Gasteiger partial charge >= 0.3 is 6.03 Å². The van der Waals surface area contributed by atoms with Crippen LogP contribution >= 0.6 is 15.9 Å². The van der Waals surface area contributed by atoms with Crippen LogP contribution in [-0.2, 0) is 11.2 Å². The van der Waals surface area contributed by atoms with Gasteiger partial charge in [0.05, 0.1) is 12.1 Å². The van der Waals surface area contributed by atoms with Crippen LogP contribution in [0.15, 0.2) is 53.0 Å². The monoisotopic (exact) mass is 444 g/mol. The molecule has 1 aliphatic rings. The normalized spacial score (nSPS) is 20.4. The first-order valence-corrected chi connectivity index (χ1v) is 10.8. The maximum Gasteiger partial charge on any atom is 0.315 e. The van der Waals surface area contributed by atoms with Crippen molar-refractivity contribution in [3.8, 4) is 11.1 Å². The van der Waals surface area contributed by atoms with Gasteiger partial charge in [-0.2, -0.15) is 0 Å². The van der Waals surface area contributed by atoms with Crippen LogP contribution in [0.3, 0.4) is 0 Å². The van der Waals surface area contributed by atoms with Gasteiger partial charge in [-0.05, 0) is 55.0 Å². The van der Waals surface area contributed by atoms with Crippen LogP contribution in [0.4, 0.5) is 4.79 Å². The molecule has 1 fully saturated rings. The predicted octanol–water partition coefficient (Wildman–Crippen LogP) is 5.30. The van der Waals surface area contributed by atoms with Crippen molar-refractivity contribution in [3.63, 3.8) is 0 Å². The molecule has 3 atom stereocenters. The molecule has 2 amide bonds. The molecular weight excluding hydrogens is 416 g/mol. The summed E-state index contributed by atoms with van der Waals surface area (Å²) < 4.78 is 6.59. The van der Waals surface area contributed by atoms with E-state index in [1.54, 1.807) is 7.11 Å². The van der Waals surface area contributed by atoms with Crippen molar-refractivity contribution in [3.05, 3.63) is 58.6 Å². The van der Waals surface area contributed by atoms with E-state index in [1.807, 2.05) is 19.1 Å². The van der Waals surface area contributed by atoms with Gasteiger partial charge in [-0.25, -0.2) is 4.79 Å². The van der Waals surface area contributed by atoms with Gasteiger partial charge in [0.15, 0.2) is 0 Å². The molecule has 1 saturated carbocycles. The molecule has 2 aromatic carbocycles. The molecule has 0 saturated heterocycles. The number of amides is 2. The molecule has 3 unspecified atom stereocenters. The second-order valence-electron chi connectivity index (χ2n) is 7.59. The Hall–Kier alpha value is -1.85. The molecular formula is C23H29BrN2O2. The summed E-state index contributed by atoms with van der Waals surface area (Å²) in [7, 11) is 1.73. The van der Waals surface area contributed by atoms with Crippen LogP contribution in [-0.4, -0.2) is 31.3 Å². The molecule has 4 nitrogen and oxygen atoms in total. The lowest BCUT2D eigenvalue weighted by Gasteiger charge is -2.31. The lowest BCUT2D eigenvalue weighted by atomic mass is 9.92. The molecule has 0 heterocycles. The van der Waals surface area contributed by atoms with Crippen molar-refractivity contribution in [1.29, 1.82) is 0 Å². The Labute approximate surface area is 176 Å². The van der Waals surface area contributed by atoms with E-state index in [9.17, 15) is 4.79 Å². The number of halogens is 1. The highest BCUT2D eigenvalue weighted by Gasteiger charge is 2.26. The molecule has 0 aliphatic heterocycles. The molecule has 2 aromatic rings. The number of carbonyl (C=O) groups is 1. The molecule has 3 rings (SSSR count). The largest absolute Gasteiger partial charge is 0.379 e. The van der Waals surface area contributed by atoms with Gasteiger partial charge in [-0.15, -0.1) is 0 Å². The van der Waals surface area contributed by atoms with Gasteiger partial charge in [0.25, 0.3) is 0 Å². The Bertz CT molecular complexity index is 761. The summed E-state index contributed by atoms with van der Waals surface area (Å²) in [5, 5.41) is 6.15. The fraction of sp³-hybridized carbons (Fsp3) is 0.435. The second kappa shape index (κ2) is 10.1. The van der Waals surface area contributed by atoms with Crippen LogP contribution in [0.2, 0.25) is 0 Å². The number of hydrogen-bond donors (Lipinski definition) is 2. The number of rotatable bonds is 6. The third-order valence-corrected chi connectivity index (χ3v) is 5.90. The van der Waals surface area contributed by atoms with Gasteiger partial charge in [-0.3, -0.25) is 0 Å². The molecule has 150 valence electrons. The van der Waals surface area contributed by atoms with Gasteiger partial charge in [0, 0.05) is 17.6 Å².